The lowest BCUT2D eigenvalue weighted by atomic mass is 10.0. The van der Waals surface area contributed by atoms with Gasteiger partial charge in [-0.05, 0) is 37.0 Å². The number of nitrogens with one attached hydrogen (secondary N) is 1. The SMILES string of the molecule is COCCOCC(=O)NC1CCN(C(=O)c2ccc3c(c2)C(=O)N(CC(C)C)C3=O)CC1. The van der Waals surface area contributed by atoms with Crippen molar-refractivity contribution in [2.24, 2.45) is 5.92 Å². The summed E-state index contributed by atoms with van der Waals surface area (Å²) in [6.45, 7) is 6.02. The fourth-order valence-corrected chi connectivity index (χ4v) is 3.94. The van der Waals surface area contributed by atoms with E-state index in [0.29, 0.717) is 56.8 Å². The standard InChI is InChI=1S/C23H31N3O6/c1-15(2)13-26-22(29)18-5-4-16(12-19(18)23(26)30)21(28)25-8-6-17(7-9-25)24-20(27)14-32-11-10-31-3/h4-5,12,15,17H,6-11,13-14H2,1-3H3,(H,24,27). The summed E-state index contributed by atoms with van der Waals surface area (Å²) in [6, 6.07) is 4.70. The summed E-state index contributed by atoms with van der Waals surface area (Å²) in [5, 5.41) is 2.93. The van der Waals surface area contributed by atoms with Gasteiger partial charge in [-0.25, -0.2) is 0 Å². The molecule has 0 atom stereocenters. The van der Waals surface area contributed by atoms with Gasteiger partial charge >= 0.3 is 0 Å². The predicted molar refractivity (Wildman–Crippen MR) is 116 cm³/mol. The largest absolute Gasteiger partial charge is 0.382 e. The first-order valence-corrected chi connectivity index (χ1v) is 11.0. The van der Waals surface area contributed by atoms with E-state index < -0.39 is 0 Å². The summed E-state index contributed by atoms with van der Waals surface area (Å²) in [4.78, 5) is 53.1. The molecule has 1 fully saturated rings. The molecule has 1 N–H and O–H groups in total. The van der Waals surface area contributed by atoms with Crippen molar-refractivity contribution in [1.82, 2.24) is 15.1 Å². The summed E-state index contributed by atoms with van der Waals surface area (Å²) < 4.78 is 10.1. The lowest BCUT2D eigenvalue weighted by molar-refractivity contribution is -0.127. The normalized spacial score (nSPS) is 16.6. The Bertz CT molecular complexity index is 876. The second kappa shape index (κ2) is 10.7. The van der Waals surface area contributed by atoms with Crippen molar-refractivity contribution in [3.05, 3.63) is 34.9 Å². The Morgan fingerprint density at radius 2 is 1.78 bits per heavy atom. The Hall–Kier alpha value is -2.78. The Morgan fingerprint density at radius 3 is 2.44 bits per heavy atom. The molecule has 0 bridgehead atoms. The van der Waals surface area contributed by atoms with Gasteiger partial charge in [0.05, 0.1) is 24.3 Å². The molecule has 1 aromatic carbocycles. The molecule has 2 heterocycles. The topological polar surface area (TPSA) is 105 Å². The number of carbonyl (C=O) groups is 4. The van der Waals surface area contributed by atoms with Crippen molar-refractivity contribution in [3.63, 3.8) is 0 Å². The van der Waals surface area contributed by atoms with E-state index >= 15 is 0 Å². The molecule has 174 valence electrons. The monoisotopic (exact) mass is 445 g/mol. The molecule has 2 aliphatic heterocycles. The lowest BCUT2D eigenvalue weighted by Gasteiger charge is -2.32. The molecule has 4 amide bonds. The van der Waals surface area contributed by atoms with Gasteiger partial charge in [0.1, 0.15) is 6.61 Å². The molecule has 0 aromatic heterocycles. The fraction of sp³-hybridized carbons (Fsp3) is 0.565. The lowest BCUT2D eigenvalue weighted by Crippen LogP contribution is -2.47. The Balaban J connectivity index is 1.54. The second-order valence-corrected chi connectivity index (χ2v) is 8.55. The molecular weight excluding hydrogens is 414 g/mol. The number of amides is 4. The number of imide groups is 1. The van der Waals surface area contributed by atoms with Crippen LogP contribution in [0.2, 0.25) is 0 Å². The zero-order valence-electron chi connectivity index (χ0n) is 18.9. The Kier molecular flexibility index (Phi) is 7.98. The van der Waals surface area contributed by atoms with Crippen molar-refractivity contribution in [1.29, 1.82) is 0 Å². The first kappa shape index (κ1) is 23.9. The summed E-state index contributed by atoms with van der Waals surface area (Å²) in [5.74, 6) is -0.846. The van der Waals surface area contributed by atoms with E-state index in [9.17, 15) is 19.2 Å². The number of nitrogens with zero attached hydrogens (tertiary/aromatic N) is 2. The second-order valence-electron chi connectivity index (χ2n) is 8.55. The van der Waals surface area contributed by atoms with Gasteiger partial charge in [0, 0.05) is 38.3 Å². The maximum atomic E-state index is 13.0. The summed E-state index contributed by atoms with van der Waals surface area (Å²) >= 11 is 0. The average molecular weight is 446 g/mol. The third-order valence-corrected chi connectivity index (χ3v) is 5.58. The van der Waals surface area contributed by atoms with Crippen LogP contribution >= 0.6 is 0 Å². The van der Waals surface area contributed by atoms with Crippen molar-refractivity contribution < 1.29 is 28.7 Å². The van der Waals surface area contributed by atoms with E-state index in [4.69, 9.17) is 9.47 Å². The van der Waals surface area contributed by atoms with Gasteiger partial charge in [-0.15, -0.1) is 0 Å². The number of carbonyl (C=O) groups excluding carboxylic acids is 4. The third-order valence-electron chi connectivity index (χ3n) is 5.58. The summed E-state index contributed by atoms with van der Waals surface area (Å²) in [5.41, 5.74) is 1.03. The molecule has 0 spiro atoms. The van der Waals surface area contributed by atoms with Crippen LogP contribution in [0.3, 0.4) is 0 Å². The molecule has 1 aromatic rings. The number of benzene rings is 1. The first-order valence-electron chi connectivity index (χ1n) is 11.0. The highest BCUT2D eigenvalue weighted by atomic mass is 16.5. The van der Waals surface area contributed by atoms with Crippen molar-refractivity contribution in [2.45, 2.75) is 32.7 Å². The van der Waals surface area contributed by atoms with Crippen molar-refractivity contribution in [2.75, 3.05) is 46.6 Å². The van der Waals surface area contributed by atoms with Crippen LogP contribution in [0.5, 0.6) is 0 Å². The van der Waals surface area contributed by atoms with E-state index in [-0.39, 0.29) is 47.8 Å². The summed E-state index contributed by atoms with van der Waals surface area (Å²) in [7, 11) is 1.57. The number of methoxy groups -OCH3 is 1. The van der Waals surface area contributed by atoms with Gasteiger partial charge in [-0.1, -0.05) is 13.8 Å². The highest BCUT2D eigenvalue weighted by molar-refractivity contribution is 6.22. The molecule has 0 saturated carbocycles. The number of rotatable bonds is 9. The van der Waals surface area contributed by atoms with E-state index in [1.165, 1.54) is 11.0 Å². The molecule has 1 saturated heterocycles. The maximum Gasteiger partial charge on any atom is 0.261 e. The molecule has 0 aliphatic carbocycles. The van der Waals surface area contributed by atoms with Crippen LogP contribution in [-0.2, 0) is 14.3 Å². The van der Waals surface area contributed by atoms with Crippen LogP contribution < -0.4 is 5.32 Å². The number of hydrogen-bond donors (Lipinski definition) is 1. The van der Waals surface area contributed by atoms with Gasteiger partial charge in [0.25, 0.3) is 17.7 Å². The molecule has 32 heavy (non-hydrogen) atoms. The van der Waals surface area contributed by atoms with E-state index in [2.05, 4.69) is 5.32 Å². The Labute approximate surface area is 188 Å². The zero-order valence-corrected chi connectivity index (χ0v) is 18.9. The van der Waals surface area contributed by atoms with Crippen LogP contribution in [0.4, 0.5) is 0 Å². The molecule has 9 nitrogen and oxygen atoms in total. The van der Waals surface area contributed by atoms with Crippen LogP contribution in [0, 0.1) is 5.92 Å². The van der Waals surface area contributed by atoms with E-state index in [0.717, 1.165) is 0 Å². The predicted octanol–water partition coefficient (Wildman–Crippen LogP) is 1.32. The summed E-state index contributed by atoms with van der Waals surface area (Å²) in [6.07, 6.45) is 1.28. The zero-order chi connectivity index (χ0) is 23.3. The molecular formula is C23H31N3O6. The van der Waals surface area contributed by atoms with Gasteiger partial charge in [0.2, 0.25) is 5.91 Å². The highest BCUT2D eigenvalue weighted by Gasteiger charge is 2.36. The molecule has 2 aliphatic rings. The smallest absolute Gasteiger partial charge is 0.261 e. The molecule has 9 heteroatoms. The Morgan fingerprint density at radius 1 is 1.09 bits per heavy atom. The van der Waals surface area contributed by atoms with Gasteiger partial charge in [0.15, 0.2) is 0 Å². The minimum atomic E-state index is -0.345. The number of piperidine rings is 1. The molecule has 0 radical (unpaired) electrons. The fourth-order valence-electron chi connectivity index (χ4n) is 3.94. The van der Waals surface area contributed by atoms with E-state index in [1.807, 2.05) is 13.8 Å². The van der Waals surface area contributed by atoms with Crippen LogP contribution in [0.15, 0.2) is 18.2 Å². The third kappa shape index (κ3) is 5.52. The van der Waals surface area contributed by atoms with Gasteiger partial charge in [-0.3, -0.25) is 24.1 Å². The quantitative estimate of drug-likeness (QED) is 0.454. The number of likely N-dealkylation sites (tertiary alicyclic amines) is 1. The van der Waals surface area contributed by atoms with Crippen molar-refractivity contribution in [3.8, 4) is 0 Å². The first-order chi connectivity index (χ1) is 15.3. The van der Waals surface area contributed by atoms with Crippen LogP contribution in [0.25, 0.3) is 0 Å². The van der Waals surface area contributed by atoms with E-state index in [1.54, 1.807) is 24.1 Å². The highest BCUT2D eigenvalue weighted by Crippen LogP contribution is 2.26. The van der Waals surface area contributed by atoms with Crippen molar-refractivity contribution >= 4 is 23.6 Å². The number of hydrogen-bond acceptors (Lipinski definition) is 6. The molecule has 0 unspecified atom stereocenters. The van der Waals surface area contributed by atoms with Gasteiger partial charge in [-0.2, -0.15) is 0 Å². The van der Waals surface area contributed by atoms with Gasteiger partial charge < -0.3 is 19.7 Å². The molecule has 3 rings (SSSR count). The minimum Gasteiger partial charge on any atom is -0.382 e. The minimum absolute atomic E-state index is 0.0126. The average Bonchev–Trinajstić information content (AvgIpc) is 3.01. The van der Waals surface area contributed by atoms with Crippen LogP contribution in [-0.4, -0.2) is 86.0 Å². The van der Waals surface area contributed by atoms with Crippen LogP contribution in [0.1, 0.15) is 57.8 Å². The number of fused-ring (bicyclic) bond motifs is 1. The number of ether oxygens (including phenoxy) is 2. The maximum absolute atomic E-state index is 13.0.